The van der Waals surface area contributed by atoms with E-state index in [0.29, 0.717) is 26.3 Å². The zero-order chi connectivity index (χ0) is 15.4. The molecule has 0 bridgehead atoms. The smallest absolute Gasteiger partial charge is 0.0791 e. The Labute approximate surface area is 124 Å². The Balaban J connectivity index is 4.03. The average molecular weight is 290 g/mol. The molecule has 122 valence electrons. The molecule has 0 heterocycles. The number of hydrogen-bond donors (Lipinski definition) is 2. The predicted molar refractivity (Wildman–Crippen MR) is 83.2 cm³/mol. The fourth-order valence-corrected chi connectivity index (χ4v) is 1.76. The molecule has 0 fully saturated rings. The van der Waals surface area contributed by atoms with Crippen molar-refractivity contribution >= 4 is 0 Å². The Morgan fingerprint density at radius 1 is 1.05 bits per heavy atom. The van der Waals surface area contributed by atoms with Gasteiger partial charge < -0.3 is 19.9 Å². The van der Waals surface area contributed by atoms with E-state index in [4.69, 9.17) is 9.47 Å². The minimum absolute atomic E-state index is 0.0302. The highest BCUT2D eigenvalue weighted by molar-refractivity contribution is 4.74. The highest BCUT2D eigenvalue weighted by Crippen LogP contribution is 2.00. The molecule has 0 saturated heterocycles. The van der Waals surface area contributed by atoms with Gasteiger partial charge in [-0.25, -0.2) is 0 Å². The second-order valence-corrected chi connectivity index (χ2v) is 5.98. The molecule has 1 unspecified atom stereocenters. The van der Waals surface area contributed by atoms with Gasteiger partial charge in [-0.1, -0.05) is 0 Å². The van der Waals surface area contributed by atoms with Gasteiger partial charge in [-0.15, -0.1) is 0 Å². The van der Waals surface area contributed by atoms with Crippen molar-refractivity contribution in [1.82, 2.24) is 10.2 Å². The summed E-state index contributed by atoms with van der Waals surface area (Å²) >= 11 is 0. The molecule has 2 N–H and O–H groups in total. The summed E-state index contributed by atoms with van der Waals surface area (Å²) in [5.41, 5.74) is 0.0302. The molecule has 0 radical (unpaired) electrons. The van der Waals surface area contributed by atoms with Crippen LogP contribution in [0.15, 0.2) is 0 Å². The van der Waals surface area contributed by atoms with Crippen molar-refractivity contribution in [3.05, 3.63) is 0 Å². The van der Waals surface area contributed by atoms with Crippen LogP contribution in [0.5, 0.6) is 0 Å². The van der Waals surface area contributed by atoms with Crippen LogP contribution in [0.25, 0.3) is 0 Å². The van der Waals surface area contributed by atoms with Gasteiger partial charge in [-0.2, -0.15) is 0 Å². The first-order chi connectivity index (χ1) is 9.39. The normalized spacial score (nSPS) is 13.9. The first-order valence-corrected chi connectivity index (χ1v) is 7.70. The molecule has 1 atom stereocenters. The van der Waals surface area contributed by atoms with E-state index in [-0.39, 0.29) is 11.6 Å². The SMILES string of the molecule is CCOCCN(CCOCC)CC(O)CNC(C)(C)C. The van der Waals surface area contributed by atoms with Crippen LogP contribution in [0.4, 0.5) is 0 Å². The van der Waals surface area contributed by atoms with Crippen molar-refractivity contribution < 1.29 is 14.6 Å². The van der Waals surface area contributed by atoms with E-state index < -0.39 is 0 Å². The molecule has 5 heteroatoms. The summed E-state index contributed by atoms with van der Waals surface area (Å²) in [6, 6.07) is 0. The number of nitrogens with one attached hydrogen (secondary N) is 1. The van der Waals surface area contributed by atoms with E-state index in [1.54, 1.807) is 0 Å². The molecule has 0 saturated carbocycles. The molecule has 0 aromatic rings. The van der Waals surface area contributed by atoms with Gasteiger partial charge in [0.25, 0.3) is 0 Å². The maximum atomic E-state index is 10.1. The quantitative estimate of drug-likeness (QED) is 0.527. The zero-order valence-corrected chi connectivity index (χ0v) is 13.9. The summed E-state index contributed by atoms with van der Waals surface area (Å²) in [6.07, 6.45) is -0.377. The molecule has 0 rings (SSSR count). The largest absolute Gasteiger partial charge is 0.390 e. The van der Waals surface area contributed by atoms with Crippen molar-refractivity contribution in [3.8, 4) is 0 Å². The molecule has 0 aliphatic rings. The number of aliphatic hydroxyl groups excluding tert-OH is 1. The van der Waals surface area contributed by atoms with Gasteiger partial charge in [0.15, 0.2) is 0 Å². The van der Waals surface area contributed by atoms with Crippen molar-refractivity contribution in [1.29, 1.82) is 0 Å². The van der Waals surface area contributed by atoms with E-state index in [0.717, 1.165) is 26.3 Å². The standard InChI is InChI=1S/C15H34N2O3/c1-6-19-10-8-17(9-11-20-7-2)13-14(18)12-16-15(3,4)5/h14,16,18H,6-13H2,1-5H3. The molecule has 0 aliphatic heterocycles. The third-order valence-corrected chi connectivity index (χ3v) is 2.85. The van der Waals surface area contributed by atoms with Gasteiger partial charge in [-0.3, -0.25) is 4.90 Å². The molecule has 0 aromatic heterocycles. The topological polar surface area (TPSA) is 54.0 Å². The summed E-state index contributed by atoms with van der Waals surface area (Å²) in [7, 11) is 0. The van der Waals surface area contributed by atoms with E-state index in [1.165, 1.54) is 0 Å². The number of β-amino-alcohol motifs (C(OH)–C–C–N with tert-alkyl or cyclic N) is 1. The second-order valence-electron chi connectivity index (χ2n) is 5.98. The van der Waals surface area contributed by atoms with Crippen molar-refractivity contribution in [2.24, 2.45) is 0 Å². The number of rotatable bonds is 12. The molecule has 0 aliphatic carbocycles. The summed E-state index contributed by atoms with van der Waals surface area (Å²) < 4.78 is 10.8. The molecule has 0 spiro atoms. The van der Waals surface area contributed by atoms with Crippen LogP contribution in [0, 0.1) is 0 Å². The fraction of sp³-hybridized carbons (Fsp3) is 1.00. The Hall–Kier alpha value is -0.200. The monoisotopic (exact) mass is 290 g/mol. The first kappa shape index (κ1) is 19.8. The summed E-state index contributed by atoms with van der Waals surface area (Å²) in [4.78, 5) is 2.19. The lowest BCUT2D eigenvalue weighted by atomic mass is 10.1. The maximum Gasteiger partial charge on any atom is 0.0791 e. The van der Waals surface area contributed by atoms with Gasteiger partial charge >= 0.3 is 0 Å². The third kappa shape index (κ3) is 12.8. The van der Waals surface area contributed by atoms with Gasteiger partial charge in [0.05, 0.1) is 19.3 Å². The van der Waals surface area contributed by atoms with Crippen LogP contribution < -0.4 is 5.32 Å². The van der Waals surface area contributed by atoms with Crippen molar-refractivity contribution in [3.63, 3.8) is 0 Å². The van der Waals surface area contributed by atoms with Crippen LogP contribution in [-0.2, 0) is 9.47 Å². The van der Waals surface area contributed by atoms with Crippen LogP contribution in [0.1, 0.15) is 34.6 Å². The van der Waals surface area contributed by atoms with Crippen molar-refractivity contribution in [2.45, 2.75) is 46.3 Å². The predicted octanol–water partition coefficient (Wildman–Crippen LogP) is 1.11. The van der Waals surface area contributed by atoms with Gasteiger partial charge in [0.2, 0.25) is 0 Å². The molecule has 0 amide bonds. The van der Waals surface area contributed by atoms with Gasteiger partial charge in [-0.05, 0) is 34.6 Å². The lowest BCUT2D eigenvalue weighted by Crippen LogP contribution is -2.45. The number of ether oxygens (including phenoxy) is 2. The van der Waals surface area contributed by atoms with E-state index in [1.807, 2.05) is 13.8 Å². The van der Waals surface area contributed by atoms with E-state index >= 15 is 0 Å². The highest BCUT2D eigenvalue weighted by atomic mass is 16.5. The van der Waals surface area contributed by atoms with Gasteiger partial charge in [0.1, 0.15) is 0 Å². The Morgan fingerprint density at radius 3 is 1.95 bits per heavy atom. The minimum atomic E-state index is -0.377. The lowest BCUT2D eigenvalue weighted by molar-refractivity contribution is 0.0518. The number of aliphatic hydroxyl groups is 1. The van der Waals surface area contributed by atoms with Crippen LogP contribution in [0.2, 0.25) is 0 Å². The Morgan fingerprint density at radius 2 is 1.55 bits per heavy atom. The zero-order valence-electron chi connectivity index (χ0n) is 13.9. The molecule has 0 aromatic carbocycles. The highest BCUT2D eigenvalue weighted by Gasteiger charge is 2.15. The Bertz CT molecular complexity index is 210. The summed E-state index contributed by atoms with van der Waals surface area (Å²) in [5.74, 6) is 0. The third-order valence-electron chi connectivity index (χ3n) is 2.85. The van der Waals surface area contributed by atoms with Crippen LogP contribution in [0.3, 0.4) is 0 Å². The van der Waals surface area contributed by atoms with Crippen LogP contribution >= 0.6 is 0 Å². The summed E-state index contributed by atoms with van der Waals surface area (Å²) in [6.45, 7) is 16.0. The molecule has 20 heavy (non-hydrogen) atoms. The summed E-state index contributed by atoms with van der Waals surface area (Å²) in [5, 5.41) is 13.4. The number of hydrogen-bond acceptors (Lipinski definition) is 5. The van der Waals surface area contributed by atoms with Gasteiger partial charge in [0, 0.05) is 44.9 Å². The molecular weight excluding hydrogens is 256 g/mol. The second kappa shape index (κ2) is 11.5. The fourth-order valence-electron chi connectivity index (χ4n) is 1.76. The number of nitrogens with zero attached hydrogens (tertiary/aromatic N) is 1. The van der Waals surface area contributed by atoms with Crippen molar-refractivity contribution in [2.75, 3.05) is 52.6 Å². The maximum absolute atomic E-state index is 10.1. The first-order valence-electron chi connectivity index (χ1n) is 7.70. The van der Waals surface area contributed by atoms with E-state index in [2.05, 4.69) is 31.0 Å². The average Bonchev–Trinajstić information content (AvgIpc) is 2.36. The minimum Gasteiger partial charge on any atom is -0.390 e. The van der Waals surface area contributed by atoms with Crippen LogP contribution in [-0.4, -0.2) is 74.3 Å². The molecular formula is C15H34N2O3. The van der Waals surface area contributed by atoms with E-state index in [9.17, 15) is 5.11 Å². The Kier molecular flexibility index (Phi) is 11.3. The molecule has 5 nitrogen and oxygen atoms in total. The lowest BCUT2D eigenvalue weighted by Gasteiger charge is -2.27.